The molecule has 0 saturated carbocycles. The lowest BCUT2D eigenvalue weighted by Crippen LogP contribution is -2.26. The Morgan fingerprint density at radius 1 is 1.25 bits per heavy atom. The van der Waals surface area contributed by atoms with Gasteiger partial charge in [0.05, 0.1) is 7.11 Å². The van der Waals surface area contributed by atoms with E-state index in [4.69, 9.17) is 4.74 Å². The van der Waals surface area contributed by atoms with Gasteiger partial charge in [-0.15, -0.1) is 0 Å². The molecule has 1 heterocycles. The maximum atomic E-state index is 12.1. The number of methoxy groups -OCH3 is 1. The van der Waals surface area contributed by atoms with Crippen molar-refractivity contribution >= 4 is 0 Å². The zero-order chi connectivity index (χ0) is 14.5. The van der Waals surface area contributed by atoms with Gasteiger partial charge in [0.1, 0.15) is 5.75 Å². The highest BCUT2D eigenvalue weighted by Crippen LogP contribution is 2.21. The third kappa shape index (κ3) is 3.48. The molecule has 4 nitrogen and oxygen atoms in total. The van der Waals surface area contributed by atoms with Crippen LogP contribution in [0, 0.1) is 0 Å². The quantitative estimate of drug-likeness (QED) is 0.879. The van der Waals surface area contributed by atoms with Gasteiger partial charge >= 0.3 is 0 Å². The number of ether oxygens (including phenoxy) is 1. The lowest BCUT2D eigenvalue weighted by Gasteiger charge is -2.09. The number of rotatable bonds is 5. The van der Waals surface area contributed by atoms with Gasteiger partial charge in [0.15, 0.2) is 0 Å². The number of aromatic amines is 1. The van der Waals surface area contributed by atoms with Crippen LogP contribution in [0.1, 0.15) is 19.4 Å². The van der Waals surface area contributed by atoms with Crippen molar-refractivity contribution in [2.24, 2.45) is 0 Å². The van der Waals surface area contributed by atoms with E-state index < -0.39 is 0 Å². The molecule has 0 saturated heterocycles. The van der Waals surface area contributed by atoms with Crippen LogP contribution in [-0.4, -0.2) is 18.1 Å². The molecule has 0 aliphatic rings. The number of nitrogens with one attached hydrogen (secondary N) is 2. The van der Waals surface area contributed by atoms with E-state index in [1.165, 1.54) is 0 Å². The van der Waals surface area contributed by atoms with Crippen molar-refractivity contribution < 1.29 is 4.74 Å². The second-order valence-electron chi connectivity index (χ2n) is 4.99. The largest absolute Gasteiger partial charge is 0.497 e. The lowest BCUT2D eigenvalue weighted by atomic mass is 10.1. The molecule has 0 unspecified atom stereocenters. The maximum Gasteiger partial charge on any atom is 0.252 e. The minimum atomic E-state index is -0.0570. The third-order valence-electron chi connectivity index (χ3n) is 3.07. The summed E-state index contributed by atoms with van der Waals surface area (Å²) in [6.45, 7) is 4.68. The zero-order valence-corrected chi connectivity index (χ0v) is 12.1. The average molecular weight is 272 g/mol. The zero-order valence-electron chi connectivity index (χ0n) is 12.1. The van der Waals surface area contributed by atoms with Gasteiger partial charge in [0.25, 0.3) is 5.56 Å². The third-order valence-corrected chi connectivity index (χ3v) is 3.07. The fraction of sp³-hybridized carbons (Fsp3) is 0.312. The predicted octanol–water partition coefficient (Wildman–Crippen LogP) is 2.55. The fourth-order valence-corrected chi connectivity index (χ4v) is 1.92. The summed E-state index contributed by atoms with van der Waals surface area (Å²) in [5.74, 6) is 0.772. The molecule has 4 heteroatoms. The van der Waals surface area contributed by atoms with Crippen LogP contribution in [-0.2, 0) is 6.54 Å². The first kappa shape index (κ1) is 14.3. The predicted molar refractivity (Wildman–Crippen MR) is 81.0 cm³/mol. The minimum Gasteiger partial charge on any atom is -0.497 e. The van der Waals surface area contributed by atoms with E-state index in [0.717, 1.165) is 22.6 Å². The maximum absolute atomic E-state index is 12.1. The van der Waals surface area contributed by atoms with Crippen molar-refractivity contribution in [2.45, 2.75) is 26.4 Å². The molecule has 0 aliphatic heterocycles. The highest BCUT2D eigenvalue weighted by atomic mass is 16.5. The molecular weight excluding hydrogens is 252 g/mol. The summed E-state index contributed by atoms with van der Waals surface area (Å²) in [7, 11) is 1.63. The molecule has 1 aromatic carbocycles. The van der Waals surface area contributed by atoms with Crippen LogP contribution in [0.25, 0.3) is 11.3 Å². The smallest absolute Gasteiger partial charge is 0.252 e. The molecule has 0 atom stereocenters. The highest BCUT2D eigenvalue weighted by Gasteiger charge is 2.04. The van der Waals surface area contributed by atoms with E-state index in [2.05, 4.69) is 24.1 Å². The van der Waals surface area contributed by atoms with Gasteiger partial charge in [-0.25, -0.2) is 0 Å². The Kier molecular flexibility index (Phi) is 4.58. The van der Waals surface area contributed by atoms with Crippen LogP contribution in [0.4, 0.5) is 0 Å². The van der Waals surface area contributed by atoms with E-state index in [1.54, 1.807) is 7.11 Å². The van der Waals surface area contributed by atoms with Gasteiger partial charge in [-0.05, 0) is 18.2 Å². The molecular formula is C16H20N2O2. The van der Waals surface area contributed by atoms with Crippen molar-refractivity contribution in [1.82, 2.24) is 10.3 Å². The van der Waals surface area contributed by atoms with Gasteiger partial charge in [-0.1, -0.05) is 32.0 Å². The summed E-state index contributed by atoms with van der Waals surface area (Å²) in [6, 6.07) is 11.8. The van der Waals surface area contributed by atoms with Crippen LogP contribution in [0.5, 0.6) is 5.75 Å². The Labute approximate surface area is 118 Å². The second-order valence-corrected chi connectivity index (χ2v) is 4.99. The number of pyridine rings is 1. The molecule has 0 spiro atoms. The number of hydrogen-bond acceptors (Lipinski definition) is 3. The first-order chi connectivity index (χ1) is 9.60. The topological polar surface area (TPSA) is 54.1 Å². The van der Waals surface area contributed by atoms with Crippen LogP contribution in [0.15, 0.2) is 41.2 Å². The molecule has 1 aromatic heterocycles. The Hall–Kier alpha value is -2.07. The molecule has 2 N–H and O–H groups in total. The van der Waals surface area contributed by atoms with Gasteiger partial charge in [0.2, 0.25) is 0 Å². The van der Waals surface area contributed by atoms with Crippen LogP contribution < -0.4 is 15.6 Å². The second kappa shape index (κ2) is 6.39. The van der Waals surface area contributed by atoms with E-state index in [1.807, 2.05) is 36.4 Å². The first-order valence-electron chi connectivity index (χ1n) is 6.70. The molecule has 0 amide bonds. The van der Waals surface area contributed by atoms with E-state index in [0.29, 0.717) is 12.6 Å². The SMILES string of the molecule is COc1cccc(-c2ccc(CNC(C)C)c(=O)[nH]2)c1. The summed E-state index contributed by atoms with van der Waals surface area (Å²) < 4.78 is 5.19. The lowest BCUT2D eigenvalue weighted by molar-refractivity contribution is 0.415. The minimum absolute atomic E-state index is 0.0570. The van der Waals surface area contributed by atoms with Gasteiger partial charge < -0.3 is 15.0 Å². The fourth-order valence-electron chi connectivity index (χ4n) is 1.92. The standard InChI is InChI=1S/C16H20N2O2/c1-11(2)17-10-13-7-8-15(18-16(13)19)12-5-4-6-14(9-12)20-3/h4-9,11,17H,10H2,1-3H3,(H,18,19). The van der Waals surface area contributed by atoms with Crippen LogP contribution in [0.3, 0.4) is 0 Å². The molecule has 2 aromatic rings. The average Bonchev–Trinajstić information content (AvgIpc) is 2.46. The summed E-state index contributed by atoms with van der Waals surface area (Å²) in [6.07, 6.45) is 0. The molecule has 106 valence electrons. The van der Waals surface area contributed by atoms with Crippen molar-refractivity contribution in [3.8, 4) is 17.0 Å². The molecule has 0 bridgehead atoms. The van der Waals surface area contributed by atoms with E-state index in [-0.39, 0.29) is 5.56 Å². The Balaban J connectivity index is 2.26. The van der Waals surface area contributed by atoms with Crippen molar-refractivity contribution in [2.75, 3.05) is 7.11 Å². The van der Waals surface area contributed by atoms with Crippen LogP contribution >= 0.6 is 0 Å². The molecule has 2 rings (SSSR count). The normalized spacial score (nSPS) is 10.8. The van der Waals surface area contributed by atoms with E-state index in [9.17, 15) is 4.79 Å². The summed E-state index contributed by atoms with van der Waals surface area (Å²) in [4.78, 5) is 15.0. The van der Waals surface area contributed by atoms with Gasteiger partial charge in [-0.3, -0.25) is 4.79 Å². The molecule has 0 fully saturated rings. The first-order valence-corrected chi connectivity index (χ1v) is 6.70. The van der Waals surface area contributed by atoms with Crippen molar-refractivity contribution in [3.63, 3.8) is 0 Å². The molecule has 20 heavy (non-hydrogen) atoms. The molecule has 0 aliphatic carbocycles. The summed E-state index contributed by atoms with van der Waals surface area (Å²) >= 11 is 0. The van der Waals surface area contributed by atoms with Gasteiger partial charge in [0, 0.05) is 29.4 Å². The van der Waals surface area contributed by atoms with E-state index >= 15 is 0 Å². The van der Waals surface area contributed by atoms with Crippen molar-refractivity contribution in [1.29, 1.82) is 0 Å². The monoisotopic (exact) mass is 272 g/mol. The number of hydrogen-bond donors (Lipinski definition) is 2. The summed E-state index contributed by atoms with van der Waals surface area (Å²) in [5.41, 5.74) is 2.41. The Morgan fingerprint density at radius 3 is 2.70 bits per heavy atom. The Morgan fingerprint density at radius 2 is 2.05 bits per heavy atom. The highest BCUT2D eigenvalue weighted by molar-refractivity contribution is 5.61. The summed E-state index contributed by atoms with van der Waals surface area (Å²) in [5, 5.41) is 3.24. The number of benzene rings is 1. The number of aromatic nitrogens is 1. The number of H-pyrrole nitrogens is 1. The van der Waals surface area contributed by atoms with Gasteiger partial charge in [-0.2, -0.15) is 0 Å². The molecule has 0 radical (unpaired) electrons. The van der Waals surface area contributed by atoms with Crippen molar-refractivity contribution in [3.05, 3.63) is 52.3 Å². The van der Waals surface area contributed by atoms with Crippen LogP contribution in [0.2, 0.25) is 0 Å². The Bertz CT molecular complexity index is 632.